The summed E-state index contributed by atoms with van der Waals surface area (Å²) in [7, 11) is 0. The van der Waals surface area contributed by atoms with Gasteiger partial charge in [-0.3, -0.25) is 0 Å². The molecule has 3 aromatic carbocycles. The molecule has 0 saturated heterocycles. The van der Waals surface area contributed by atoms with Crippen LogP contribution in [0.4, 0.5) is 4.39 Å². The van der Waals surface area contributed by atoms with Crippen LogP contribution >= 0.6 is 12.4 Å². The minimum absolute atomic E-state index is 0. The molecule has 0 bridgehead atoms. The van der Waals surface area contributed by atoms with E-state index in [4.69, 9.17) is 4.74 Å². The lowest BCUT2D eigenvalue weighted by Crippen LogP contribution is -2.03. The molecule has 0 radical (unpaired) electrons. The molecule has 0 amide bonds. The van der Waals surface area contributed by atoms with E-state index in [1.54, 1.807) is 18.3 Å². The third-order valence-corrected chi connectivity index (χ3v) is 5.69. The summed E-state index contributed by atoms with van der Waals surface area (Å²) in [4.78, 5) is 4.49. The maximum atomic E-state index is 13.3. The molecule has 3 nitrogen and oxygen atoms in total. The zero-order valence-electron chi connectivity index (χ0n) is 17.3. The number of aryl methyl sites for hydroxylation is 1. The Labute approximate surface area is 186 Å². The fraction of sp³-hybridized carbons (Fsp3) is 0.115. The van der Waals surface area contributed by atoms with Crippen LogP contribution in [0, 0.1) is 19.7 Å². The third-order valence-electron chi connectivity index (χ3n) is 5.69. The average molecular weight is 433 g/mol. The summed E-state index contributed by atoms with van der Waals surface area (Å²) in [6.07, 6.45) is 1.76. The Balaban J connectivity index is 0.00000231. The molecular formula is C26H22ClFN2O. The maximum Gasteiger partial charge on any atom is 0.244 e. The van der Waals surface area contributed by atoms with Gasteiger partial charge in [-0.2, -0.15) is 0 Å². The quantitative estimate of drug-likeness (QED) is 0.300. The molecule has 156 valence electrons. The van der Waals surface area contributed by atoms with E-state index in [2.05, 4.69) is 65.9 Å². The van der Waals surface area contributed by atoms with Gasteiger partial charge in [0.05, 0.1) is 0 Å². The highest BCUT2D eigenvalue weighted by Gasteiger charge is 2.17. The number of hydrogen-bond acceptors (Lipinski definition) is 2. The minimum Gasteiger partial charge on any atom is -0.437 e. The first kappa shape index (κ1) is 20.9. The second-order valence-corrected chi connectivity index (χ2v) is 7.55. The van der Waals surface area contributed by atoms with Gasteiger partial charge in [0.25, 0.3) is 0 Å². The Morgan fingerprint density at radius 2 is 1.65 bits per heavy atom. The highest BCUT2D eigenvalue weighted by Crippen LogP contribution is 2.34. The zero-order chi connectivity index (χ0) is 20.7. The molecular weight excluding hydrogens is 411 g/mol. The average Bonchev–Trinajstić information content (AvgIpc) is 3.01. The SMILES string of the molecule is Cc1c(C)n(Cc2ccc3ccccc3c2)c2c(Oc3ccc(F)cc3)nccc12.Cl. The number of nitrogens with zero attached hydrogens (tertiary/aromatic N) is 2. The standard InChI is InChI=1S/C26H21FN2O.ClH/c1-17-18(2)29(16-19-7-8-20-5-3-4-6-21(20)15-19)25-24(17)13-14-28-26(25)30-23-11-9-22(27)10-12-23;/h3-15H,16H2,1-2H3;1H. The summed E-state index contributed by atoms with van der Waals surface area (Å²) < 4.78 is 21.6. The van der Waals surface area contributed by atoms with Crippen molar-refractivity contribution in [2.45, 2.75) is 20.4 Å². The van der Waals surface area contributed by atoms with Gasteiger partial charge in [-0.25, -0.2) is 9.37 Å². The van der Waals surface area contributed by atoms with Crippen LogP contribution in [0.25, 0.3) is 21.7 Å². The van der Waals surface area contributed by atoms with E-state index < -0.39 is 0 Å². The fourth-order valence-electron chi connectivity index (χ4n) is 3.97. The Kier molecular flexibility index (Phi) is 5.66. The number of rotatable bonds is 4. The molecule has 5 rings (SSSR count). The minimum atomic E-state index is -0.292. The second-order valence-electron chi connectivity index (χ2n) is 7.55. The van der Waals surface area contributed by atoms with Crippen LogP contribution < -0.4 is 4.74 Å². The molecule has 0 saturated carbocycles. The Hall–Kier alpha value is -3.37. The number of ether oxygens (including phenoxy) is 1. The van der Waals surface area contributed by atoms with E-state index in [-0.39, 0.29) is 18.2 Å². The van der Waals surface area contributed by atoms with Crippen molar-refractivity contribution < 1.29 is 9.13 Å². The molecule has 0 aliphatic heterocycles. The van der Waals surface area contributed by atoms with Crippen LogP contribution in [0.1, 0.15) is 16.8 Å². The van der Waals surface area contributed by atoms with Gasteiger partial charge in [-0.1, -0.05) is 36.4 Å². The van der Waals surface area contributed by atoms with Gasteiger partial charge in [0.1, 0.15) is 17.1 Å². The number of halogens is 2. The van der Waals surface area contributed by atoms with Crippen molar-refractivity contribution in [1.82, 2.24) is 9.55 Å². The molecule has 2 aromatic heterocycles. The van der Waals surface area contributed by atoms with Gasteiger partial charge >= 0.3 is 0 Å². The Morgan fingerprint density at radius 3 is 2.42 bits per heavy atom. The summed E-state index contributed by atoms with van der Waals surface area (Å²) in [6.45, 7) is 4.96. The fourth-order valence-corrected chi connectivity index (χ4v) is 3.97. The molecule has 0 unspecified atom stereocenters. The van der Waals surface area contributed by atoms with Crippen LogP contribution in [0.15, 0.2) is 79.0 Å². The predicted molar refractivity (Wildman–Crippen MR) is 126 cm³/mol. The summed E-state index contributed by atoms with van der Waals surface area (Å²) in [5, 5.41) is 3.57. The topological polar surface area (TPSA) is 27.1 Å². The van der Waals surface area contributed by atoms with Gasteiger partial charge in [0.2, 0.25) is 5.88 Å². The van der Waals surface area contributed by atoms with Crippen molar-refractivity contribution >= 4 is 34.1 Å². The van der Waals surface area contributed by atoms with Crippen LogP contribution in [0.2, 0.25) is 0 Å². The van der Waals surface area contributed by atoms with Crippen molar-refractivity contribution in [3.63, 3.8) is 0 Å². The summed E-state index contributed by atoms with van der Waals surface area (Å²) in [5.74, 6) is 0.793. The van der Waals surface area contributed by atoms with Crippen molar-refractivity contribution in [2.24, 2.45) is 0 Å². The van der Waals surface area contributed by atoms with Crippen molar-refractivity contribution in [3.05, 3.63) is 102 Å². The molecule has 0 N–H and O–H groups in total. The van der Waals surface area contributed by atoms with Crippen LogP contribution in [0.5, 0.6) is 11.6 Å². The first-order valence-electron chi connectivity index (χ1n) is 9.95. The maximum absolute atomic E-state index is 13.3. The number of benzene rings is 3. The Bertz CT molecular complexity index is 1380. The number of aromatic nitrogens is 2. The number of hydrogen-bond donors (Lipinski definition) is 0. The highest BCUT2D eigenvalue weighted by molar-refractivity contribution is 5.89. The number of fused-ring (bicyclic) bond motifs is 2. The van der Waals surface area contributed by atoms with E-state index in [9.17, 15) is 4.39 Å². The predicted octanol–water partition coefficient (Wildman–Crippen LogP) is 7.21. The summed E-state index contributed by atoms with van der Waals surface area (Å²) >= 11 is 0. The van der Waals surface area contributed by atoms with Crippen LogP contribution in [-0.2, 0) is 6.54 Å². The van der Waals surface area contributed by atoms with Gasteiger partial charge in [0, 0.05) is 23.8 Å². The monoisotopic (exact) mass is 432 g/mol. The van der Waals surface area contributed by atoms with Crippen LogP contribution in [-0.4, -0.2) is 9.55 Å². The van der Waals surface area contributed by atoms with Gasteiger partial charge < -0.3 is 9.30 Å². The smallest absolute Gasteiger partial charge is 0.244 e. The zero-order valence-corrected chi connectivity index (χ0v) is 18.1. The van der Waals surface area contributed by atoms with Gasteiger partial charge in [-0.05, 0) is 72.1 Å². The molecule has 31 heavy (non-hydrogen) atoms. The first-order chi connectivity index (χ1) is 14.6. The van der Waals surface area contributed by atoms with E-state index in [0.29, 0.717) is 18.2 Å². The molecule has 0 fully saturated rings. The summed E-state index contributed by atoms with van der Waals surface area (Å²) in [6, 6.07) is 23.0. The molecule has 5 aromatic rings. The highest BCUT2D eigenvalue weighted by atomic mass is 35.5. The number of pyridine rings is 1. The lowest BCUT2D eigenvalue weighted by atomic mass is 10.1. The lowest BCUT2D eigenvalue weighted by molar-refractivity contribution is 0.464. The summed E-state index contributed by atoms with van der Waals surface area (Å²) in [5.41, 5.74) is 4.54. The molecule has 2 heterocycles. The molecule has 0 spiro atoms. The van der Waals surface area contributed by atoms with Crippen molar-refractivity contribution in [2.75, 3.05) is 0 Å². The lowest BCUT2D eigenvalue weighted by Gasteiger charge is -2.12. The third kappa shape index (κ3) is 3.87. The second kappa shape index (κ2) is 8.40. The van der Waals surface area contributed by atoms with E-state index in [0.717, 1.165) is 10.9 Å². The normalized spacial score (nSPS) is 10.9. The Morgan fingerprint density at radius 1 is 0.903 bits per heavy atom. The molecule has 0 atom stereocenters. The van der Waals surface area contributed by atoms with E-state index >= 15 is 0 Å². The molecule has 5 heteroatoms. The van der Waals surface area contributed by atoms with Gasteiger partial charge in [-0.15, -0.1) is 12.4 Å². The van der Waals surface area contributed by atoms with E-state index in [1.807, 2.05) is 6.07 Å². The van der Waals surface area contributed by atoms with E-state index in [1.165, 1.54) is 39.7 Å². The van der Waals surface area contributed by atoms with Gasteiger partial charge in [0.15, 0.2) is 0 Å². The van der Waals surface area contributed by atoms with Crippen molar-refractivity contribution in [3.8, 4) is 11.6 Å². The largest absolute Gasteiger partial charge is 0.437 e. The van der Waals surface area contributed by atoms with Crippen molar-refractivity contribution in [1.29, 1.82) is 0 Å². The molecule has 0 aliphatic rings. The first-order valence-corrected chi connectivity index (χ1v) is 9.95. The van der Waals surface area contributed by atoms with Crippen LogP contribution in [0.3, 0.4) is 0 Å². The molecule has 0 aliphatic carbocycles.